The van der Waals surface area contributed by atoms with Gasteiger partial charge in [-0.3, -0.25) is 14.5 Å². The Balaban J connectivity index is 1.37. The van der Waals surface area contributed by atoms with Crippen LogP contribution < -0.4 is 5.32 Å². The Morgan fingerprint density at radius 2 is 2.08 bits per heavy atom. The third kappa shape index (κ3) is 5.65. The van der Waals surface area contributed by atoms with E-state index < -0.39 is 17.4 Å². The first-order chi connectivity index (χ1) is 18.8. The quantitative estimate of drug-likeness (QED) is 0.368. The smallest absolute Gasteiger partial charge is 0.313 e. The lowest BCUT2D eigenvalue weighted by atomic mass is 9.90. The van der Waals surface area contributed by atoms with Crippen molar-refractivity contribution in [3.8, 4) is 17.2 Å². The van der Waals surface area contributed by atoms with Gasteiger partial charge in [0.2, 0.25) is 0 Å². The summed E-state index contributed by atoms with van der Waals surface area (Å²) < 4.78 is 19.8. The molecule has 1 aliphatic heterocycles. The van der Waals surface area contributed by atoms with Crippen molar-refractivity contribution in [1.29, 1.82) is 5.26 Å². The van der Waals surface area contributed by atoms with Crippen LogP contribution in [-0.4, -0.2) is 64.0 Å². The predicted octanol–water partition coefficient (Wildman–Crippen LogP) is 3.77. The molecule has 11 heteroatoms. The normalized spacial score (nSPS) is 21.4. The molecule has 0 spiro atoms. The molecule has 1 aliphatic carbocycles. The molecule has 1 amide bonds. The highest BCUT2D eigenvalue weighted by Gasteiger charge is 2.65. The summed E-state index contributed by atoms with van der Waals surface area (Å²) in [4.78, 5) is 28.3. The number of ether oxygens (including phenoxy) is 1. The third-order valence-corrected chi connectivity index (χ3v) is 7.75. The van der Waals surface area contributed by atoms with E-state index in [1.807, 2.05) is 24.3 Å². The number of aromatic nitrogens is 3. The number of carbonyl (C=O) groups excluding carboxylic acids is 2. The van der Waals surface area contributed by atoms with Gasteiger partial charge in [0, 0.05) is 35.8 Å². The molecule has 1 aromatic heterocycles. The molecule has 2 aromatic carbocycles. The minimum atomic E-state index is -0.776. The number of likely N-dealkylation sites (tertiary alicyclic amines) is 1. The highest BCUT2D eigenvalue weighted by Crippen LogP contribution is 2.55. The SMILES string of the molecule is CCOC(=O)C1(C[C@@H](Cc2ccc(-c3cc(Cl)ccc3F)cc2)NC(=O)c2cn[nH]n2)C[C@H]1N1CC(C#N)C1. The molecule has 2 heterocycles. The standard InChI is InChI=1S/C28H28ClFN6O3/c1-2-39-27(38)28(12-25(28)36-15-18(13-31)16-36)11-21(33-26(37)24-14-32-35-34-24)9-17-3-5-19(6-4-17)22-10-20(29)7-8-23(22)30/h3-8,10,14,18,21,25H,2,9,11-12,15-16H2,1H3,(H,33,37)(H,32,34,35)/t21-,25-,28?/m1/s1. The minimum absolute atomic E-state index is 0.0315. The number of esters is 1. The summed E-state index contributed by atoms with van der Waals surface area (Å²) in [6, 6.07) is 13.6. The average molecular weight is 551 g/mol. The number of rotatable bonds is 10. The van der Waals surface area contributed by atoms with Crippen molar-refractivity contribution < 1.29 is 18.7 Å². The molecular formula is C28H28ClFN6O3. The van der Waals surface area contributed by atoms with Crippen molar-refractivity contribution in [1.82, 2.24) is 25.6 Å². The number of amides is 1. The number of halogens is 2. The van der Waals surface area contributed by atoms with Crippen LogP contribution in [0.25, 0.3) is 11.1 Å². The van der Waals surface area contributed by atoms with Gasteiger partial charge in [-0.05, 0) is 55.5 Å². The Morgan fingerprint density at radius 3 is 2.74 bits per heavy atom. The number of H-pyrrole nitrogens is 1. The van der Waals surface area contributed by atoms with Crippen molar-refractivity contribution in [2.75, 3.05) is 19.7 Å². The summed E-state index contributed by atoms with van der Waals surface area (Å²) in [5, 5.41) is 22.7. The fraction of sp³-hybridized carbons (Fsp3) is 0.393. The summed E-state index contributed by atoms with van der Waals surface area (Å²) in [7, 11) is 0. The van der Waals surface area contributed by atoms with Gasteiger partial charge in [0.25, 0.3) is 5.91 Å². The number of nitriles is 1. The first kappa shape index (κ1) is 26.8. The Labute approximate surface area is 230 Å². The zero-order valence-electron chi connectivity index (χ0n) is 21.4. The highest BCUT2D eigenvalue weighted by atomic mass is 35.5. The third-order valence-electron chi connectivity index (χ3n) is 7.52. The average Bonchev–Trinajstić information content (AvgIpc) is 3.32. The van der Waals surface area contributed by atoms with Crippen molar-refractivity contribution in [3.05, 3.63) is 70.8 Å². The molecule has 9 nitrogen and oxygen atoms in total. The molecule has 202 valence electrons. The van der Waals surface area contributed by atoms with Crippen LogP contribution in [0.2, 0.25) is 5.02 Å². The van der Waals surface area contributed by atoms with Crippen LogP contribution in [0.3, 0.4) is 0 Å². The topological polar surface area (TPSA) is 124 Å². The van der Waals surface area contributed by atoms with E-state index in [4.69, 9.17) is 16.3 Å². The second-order valence-electron chi connectivity index (χ2n) is 10.1. The fourth-order valence-corrected chi connectivity index (χ4v) is 5.59. The number of nitrogens with zero attached hydrogens (tertiary/aromatic N) is 4. The maximum atomic E-state index is 14.4. The van der Waals surface area contributed by atoms with Gasteiger partial charge in [-0.25, -0.2) is 4.39 Å². The van der Waals surface area contributed by atoms with E-state index in [1.165, 1.54) is 18.3 Å². The lowest BCUT2D eigenvalue weighted by Crippen LogP contribution is -2.50. The molecular weight excluding hydrogens is 523 g/mol. The van der Waals surface area contributed by atoms with Crippen molar-refractivity contribution in [2.24, 2.45) is 11.3 Å². The molecule has 39 heavy (non-hydrogen) atoms. The van der Waals surface area contributed by atoms with Gasteiger partial charge in [-0.15, -0.1) is 0 Å². The zero-order chi connectivity index (χ0) is 27.6. The van der Waals surface area contributed by atoms with Gasteiger partial charge >= 0.3 is 5.97 Å². The van der Waals surface area contributed by atoms with Crippen molar-refractivity contribution >= 4 is 23.5 Å². The molecule has 2 N–H and O–H groups in total. The second kappa shape index (κ2) is 11.1. The molecule has 3 atom stereocenters. The highest BCUT2D eigenvalue weighted by molar-refractivity contribution is 6.30. The van der Waals surface area contributed by atoms with Gasteiger partial charge in [0.1, 0.15) is 5.82 Å². The van der Waals surface area contributed by atoms with Gasteiger partial charge in [0.05, 0.1) is 30.2 Å². The van der Waals surface area contributed by atoms with E-state index in [-0.39, 0.29) is 36.0 Å². The molecule has 2 aliphatic rings. The lowest BCUT2D eigenvalue weighted by Gasteiger charge is -2.37. The van der Waals surface area contributed by atoms with E-state index in [0.717, 1.165) is 5.56 Å². The maximum Gasteiger partial charge on any atom is 0.313 e. The summed E-state index contributed by atoms with van der Waals surface area (Å²) in [6.07, 6.45) is 2.73. The van der Waals surface area contributed by atoms with Gasteiger partial charge in [0.15, 0.2) is 5.69 Å². The van der Waals surface area contributed by atoms with Crippen LogP contribution in [-0.2, 0) is 16.0 Å². The van der Waals surface area contributed by atoms with Gasteiger partial charge in [-0.2, -0.15) is 20.7 Å². The summed E-state index contributed by atoms with van der Waals surface area (Å²) >= 11 is 6.06. The van der Waals surface area contributed by atoms with Crippen molar-refractivity contribution in [3.63, 3.8) is 0 Å². The molecule has 5 rings (SSSR count). The fourth-order valence-electron chi connectivity index (χ4n) is 5.42. The summed E-state index contributed by atoms with van der Waals surface area (Å²) in [5.41, 5.74) is 1.34. The van der Waals surface area contributed by atoms with Crippen LogP contribution >= 0.6 is 11.6 Å². The van der Waals surface area contributed by atoms with E-state index in [9.17, 15) is 19.2 Å². The maximum absolute atomic E-state index is 14.4. The molecule has 0 radical (unpaired) electrons. The Kier molecular flexibility index (Phi) is 7.64. The number of benzene rings is 2. The summed E-state index contributed by atoms with van der Waals surface area (Å²) in [6.45, 7) is 3.28. The molecule has 1 saturated carbocycles. The molecule has 1 saturated heterocycles. The second-order valence-corrected chi connectivity index (χ2v) is 10.6. The number of carbonyl (C=O) groups is 2. The van der Waals surface area contributed by atoms with E-state index >= 15 is 0 Å². The van der Waals surface area contributed by atoms with Crippen LogP contribution in [0.15, 0.2) is 48.7 Å². The van der Waals surface area contributed by atoms with Crippen LogP contribution in [0, 0.1) is 28.5 Å². The summed E-state index contributed by atoms with van der Waals surface area (Å²) in [5.74, 6) is -1.10. The Bertz CT molecular complexity index is 1390. The number of nitrogens with one attached hydrogen (secondary N) is 2. The zero-order valence-corrected chi connectivity index (χ0v) is 22.1. The molecule has 1 unspecified atom stereocenters. The van der Waals surface area contributed by atoms with Gasteiger partial charge in [-0.1, -0.05) is 35.9 Å². The van der Waals surface area contributed by atoms with Gasteiger partial charge < -0.3 is 10.1 Å². The Hall–Kier alpha value is -3.81. The largest absolute Gasteiger partial charge is 0.466 e. The lowest BCUT2D eigenvalue weighted by molar-refractivity contribution is -0.151. The van der Waals surface area contributed by atoms with Crippen LogP contribution in [0.4, 0.5) is 4.39 Å². The monoisotopic (exact) mass is 550 g/mol. The predicted molar refractivity (Wildman–Crippen MR) is 141 cm³/mol. The van der Waals surface area contributed by atoms with E-state index in [0.29, 0.717) is 48.5 Å². The molecule has 3 aromatic rings. The van der Waals surface area contributed by atoms with E-state index in [2.05, 4.69) is 31.7 Å². The number of aromatic amines is 1. The number of hydrogen-bond donors (Lipinski definition) is 2. The first-order valence-electron chi connectivity index (χ1n) is 12.8. The molecule has 2 fully saturated rings. The number of hydrogen-bond acceptors (Lipinski definition) is 7. The first-order valence-corrected chi connectivity index (χ1v) is 13.2. The van der Waals surface area contributed by atoms with E-state index in [1.54, 1.807) is 13.0 Å². The molecule has 0 bridgehead atoms. The minimum Gasteiger partial charge on any atom is -0.466 e. The Morgan fingerprint density at radius 1 is 1.31 bits per heavy atom. The van der Waals surface area contributed by atoms with Crippen molar-refractivity contribution in [2.45, 2.75) is 38.3 Å². The van der Waals surface area contributed by atoms with Crippen LogP contribution in [0.1, 0.15) is 35.8 Å². The van der Waals surface area contributed by atoms with Crippen LogP contribution in [0.5, 0.6) is 0 Å².